The van der Waals surface area contributed by atoms with Gasteiger partial charge in [-0.15, -0.1) is 0 Å². The summed E-state index contributed by atoms with van der Waals surface area (Å²) in [5.74, 6) is 0.225. The van der Waals surface area contributed by atoms with E-state index in [-0.39, 0.29) is 16.7 Å². The van der Waals surface area contributed by atoms with Crippen LogP contribution in [0, 0.1) is 6.92 Å². The summed E-state index contributed by atoms with van der Waals surface area (Å²) in [6.07, 6.45) is 0. The van der Waals surface area contributed by atoms with Crippen LogP contribution in [-0.2, 0) is 10.0 Å². The minimum absolute atomic E-state index is 0.0113. The maximum atomic E-state index is 11.2. The molecule has 112 valence electrons. The maximum absolute atomic E-state index is 11.2. The Morgan fingerprint density at radius 3 is 2.29 bits per heavy atom. The van der Waals surface area contributed by atoms with Crippen molar-refractivity contribution in [1.82, 2.24) is 0 Å². The fraction of sp³-hybridized carbons (Fsp3) is 0.200. The Morgan fingerprint density at radius 1 is 1.14 bits per heavy atom. The predicted octanol–water partition coefficient (Wildman–Crippen LogP) is 2.52. The van der Waals surface area contributed by atoms with Gasteiger partial charge in [0.05, 0.1) is 4.90 Å². The van der Waals surface area contributed by atoms with Crippen LogP contribution in [0.1, 0.15) is 24.1 Å². The number of sulfonamides is 1. The van der Waals surface area contributed by atoms with Gasteiger partial charge < -0.3 is 10.4 Å². The molecule has 2 aromatic carbocycles. The van der Waals surface area contributed by atoms with Crippen molar-refractivity contribution in [1.29, 1.82) is 0 Å². The summed E-state index contributed by atoms with van der Waals surface area (Å²) in [6, 6.07) is 11.5. The number of rotatable bonds is 4. The molecule has 0 radical (unpaired) electrons. The smallest absolute Gasteiger partial charge is 0.238 e. The van der Waals surface area contributed by atoms with Crippen LogP contribution in [0.15, 0.2) is 47.4 Å². The Kier molecular flexibility index (Phi) is 4.20. The Balaban J connectivity index is 2.18. The van der Waals surface area contributed by atoms with Crippen molar-refractivity contribution >= 4 is 15.7 Å². The normalized spacial score (nSPS) is 12.9. The van der Waals surface area contributed by atoms with Crippen molar-refractivity contribution < 1.29 is 13.5 Å². The Morgan fingerprint density at radius 2 is 1.76 bits per heavy atom. The molecule has 0 bridgehead atoms. The number of anilines is 1. The quantitative estimate of drug-likeness (QED) is 0.757. The first-order valence-corrected chi connectivity index (χ1v) is 8.01. The standard InChI is InChI=1S/C15H18N2O3S/c1-10-9-13(18)5-8-15(10)17-11(2)12-3-6-14(7-4-12)21(16,19)20/h3-9,11,17-18H,1-2H3,(H2,16,19,20). The molecule has 0 saturated heterocycles. The van der Waals surface area contributed by atoms with Gasteiger partial charge in [0, 0.05) is 11.7 Å². The SMILES string of the molecule is Cc1cc(O)ccc1NC(C)c1ccc(S(N)(=O)=O)cc1. The maximum Gasteiger partial charge on any atom is 0.238 e. The molecule has 1 atom stereocenters. The molecule has 1 unspecified atom stereocenters. The first-order valence-electron chi connectivity index (χ1n) is 6.46. The van der Waals surface area contributed by atoms with E-state index in [0.717, 1.165) is 16.8 Å². The van der Waals surface area contributed by atoms with Crippen LogP contribution in [-0.4, -0.2) is 13.5 Å². The van der Waals surface area contributed by atoms with Crippen LogP contribution in [0.25, 0.3) is 0 Å². The zero-order valence-corrected chi connectivity index (χ0v) is 12.7. The number of hydrogen-bond donors (Lipinski definition) is 3. The summed E-state index contributed by atoms with van der Waals surface area (Å²) < 4.78 is 22.4. The number of nitrogens with one attached hydrogen (secondary N) is 1. The highest BCUT2D eigenvalue weighted by atomic mass is 32.2. The number of aryl methyl sites for hydroxylation is 1. The van der Waals surface area contributed by atoms with Gasteiger partial charge in [0.25, 0.3) is 0 Å². The Bertz CT molecular complexity index is 740. The molecule has 0 amide bonds. The van der Waals surface area contributed by atoms with Gasteiger partial charge in [-0.2, -0.15) is 0 Å². The summed E-state index contributed by atoms with van der Waals surface area (Å²) in [4.78, 5) is 0.0965. The summed E-state index contributed by atoms with van der Waals surface area (Å²) in [6.45, 7) is 3.87. The van der Waals surface area contributed by atoms with E-state index in [2.05, 4.69) is 5.32 Å². The Labute approximate surface area is 124 Å². The van der Waals surface area contributed by atoms with E-state index in [9.17, 15) is 13.5 Å². The third kappa shape index (κ3) is 3.74. The highest BCUT2D eigenvalue weighted by molar-refractivity contribution is 7.89. The Hall–Kier alpha value is -2.05. The van der Waals surface area contributed by atoms with Crippen molar-refractivity contribution in [2.45, 2.75) is 24.8 Å². The molecule has 0 aromatic heterocycles. The highest BCUT2D eigenvalue weighted by Crippen LogP contribution is 2.25. The molecule has 2 rings (SSSR count). The molecule has 0 aliphatic rings. The predicted molar refractivity (Wildman–Crippen MR) is 82.7 cm³/mol. The average molecular weight is 306 g/mol. The minimum atomic E-state index is -3.66. The first kappa shape index (κ1) is 15.3. The summed E-state index contributed by atoms with van der Waals surface area (Å²) in [7, 11) is -3.66. The molecule has 2 aromatic rings. The van der Waals surface area contributed by atoms with Crippen LogP contribution >= 0.6 is 0 Å². The number of phenolic OH excluding ortho intramolecular Hbond substituents is 1. The van der Waals surface area contributed by atoms with Crippen LogP contribution in [0.2, 0.25) is 0 Å². The van der Waals surface area contributed by atoms with Gasteiger partial charge in [-0.1, -0.05) is 12.1 Å². The van der Waals surface area contributed by atoms with E-state index in [0.29, 0.717) is 0 Å². The fourth-order valence-electron chi connectivity index (χ4n) is 2.07. The van der Waals surface area contributed by atoms with Crippen LogP contribution in [0.5, 0.6) is 5.75 Å². The fourth-order valence-corrected chi connectivity index (χ4v) is 2.59. The molecule has 0 spiro atoms. The van der Waals surface area contributed by atoms with E-state index in [1.807, 2.05) is 13.8 Å². The summed E-state index contributed by atoms with van der Waals surface area (Å²) in [5, 5.41) is 17.8. The van der Waals surface area contributed by atoms with E-state index < -0.39 is 10.0 Å². The van der Waals surface area contributed by atoms with Gasteiger partial charge in [-0.25, -0.2) is 13.6 Å². The molecule has 4 N–H and O–H groups in total. The lowest BCUT2D eigenvalue weighted by atomic mass is 10.1. The molecule has 0 fully saturated rings. The van der Waals surface area contributed by atoms with E-state index >= 15 is 0 Å². The molecule has 6 heteroatoms. The van der Waals surface area contributed by atoms with Crippen molar-refractivity contribution in [3.63, 3.8) is 0 Å². The number of benzene rings is 2. The van der Waals surface area contributed by atoms with Crippen molar-refractivity contribution in [2.24, 2.45) is 5.14 Å². The lowest BCUT2D eigenvalue weighted by molar-refractivity contribution is 0.475. The largest absolute Gasteiger partial charge is 0.508 e. The van der Waals surface area contributed by atoms with E-state index in [1.165, 1.54) is 12.1 Å². The molecule has 0 heterocycles. The van der Waals surface area contributed by atoms with E-state index in [1.54, 1.807) is 30.3 Å². The number of phenols is 1. The molecule has 5 nitrogen and oxygen atoms in total. The second kappa shape index (κ2) is 5.75. The van der Waals surface area contributed by atoms with Gasteiger partial charge in [0.15, 0.2) is 0 Å². The van der Waals surface area contributed by atoms with Crippen LogP contribution in [0.3, 0.4) is 0 Å². The molecular weight excluding hydrogens is 288 g/mol. The second-order valence-electron chi connectivity index (χ2n) is 4.98. The van der Waals surface area contributed by atoms with Crippen LogP contribution in [0.4, 0.5) is 5.69 Å². The van der Waals surface area contributed by atoms with E-state index in [4.69, 9.17) is 5.14 Å². The lowest BCUT2D eigenvalue weighted by Gasteiger charge is -2.18. The number of hydrogen-bond acceptors (Lipinski definition) is 4. The molecule has 21 heavy (non-hydrogen) atoms. The third-order valence-corrected chi connectivity index (χ3v) is 4.22. The third-order valence-electron chi connectivity index (χ3n) is 3.29. The van der Waals surface area contributed by atoms with Gasteiger partial charge in [0.1, 0.15) is 5.75 Å². The highest BCUT2D eigenvalue weighted by Gasteiger charge is 2.10. The summed E-state index contributed by atoms with van der Waals surface area (Å²) >= 11 is 0. The van der Waals surface area contributed by atoms with Crippen molar-refractivity contribution in [3.8, 4) is 5.75 Å². The second-order valence-corrected chi connectivity index (χ2v) is 6.54. The minimum Gasteiger partial charge on any atom is -0.508 e. The van der Waals surface area contributed by atoms with Gasteiger partial charge >= 0.3 is 0 Å². The molecule has 0 saturated carbocycles. The van der Waals surface area contributed by atoms with Crippen molar-refractivity contribution in [3.05, 3.63) is 53.6 Å². The molecule has 0 aliphatic carbocycles. The zero-order chi connectivity index (χ0) is 15.6. The topological polar surface area (TPSA) is 92.4 Å². The average Bonchev–Trinajstić information content (AvgIpc) is 2.41. The number of primary sulfonamides is 1. The molecular formula is C15H18N2O3S. The zero-order valence-electron chi connectivity index (χ0n) is 11.9. The number of nitrogens with two attached hydrogens (primary N) is 1. The molecule has 0 aliphatic heterocycles. The van der Waals surface area contributed by atoms with Gasteiger partial charge in [-0.05, 0) is 55.3 Å². The van der Waals surface area contributed by atoms with Gasteiger partial charge in [-0.3, -0.25) is 0 Å². The number of aromatic hydroxyl groups is 1. The lowest BCUT2D eigenvalue weighted by Crippen LogP contribution is -2.13. The monoisotopic (exact) mass is 306 g/mol. The van der Waals surface area contributed by atoms with Gasteiger partial charge in [0.2, 0.25) is 10.0 Å². The first-order chi connectivity index (χ1) is 9.77. The summed E-state index contributed by atoms with van der Waals surface area (Å²) in [5.41, 5.74) is 2.79. The van der Waals surface area contributed by atoms with Crippen LogP contribution < -0.4 is 10.5 Å². The van der Waals surface area contributed by atoms with Crippen molar-refractivity contribution in [2.75, 3.05) is 5.32 Å².